The third kappa shape index (κ3) is 6.90. The third-order valence-electron chi connectivity index (χ3n) is 15.7. The van der Waals surface area contributed by atoms with E-state index in [4.69, 9.17) is 19.9 Å². The molecule has 0 amide bonds. The summed E-state index contributed by atoms with van der Waals surface area (Å²) >= 11 is 0. The summed E-state index contributed by atoms with van der Waals surface area (Å²) in [6.07, 6.45) is 0. The maximum Gasteiger partial charge on any atom is 0.0973 e. The minimum atomic E-state index is 0.835. The molecule has 0 fully saturated rings. The molecule has 12 aromatic carbocycles. The molecule has 16 rings (SSSR count). The van der Waals surface area contributed by atoms with Gasteiger partial charge in [-0.3, -0.25) is 0 Å². The second kappa shape index (κ2) is 17.5. The van der Waals surface area contributed by atoms with Gasteiger partial charge in [0.2, 0.25) is 0 Å². The highest BCUT2D eigenvalue weighted by Crippen LogP contribution is 2.45. The lowest BCUT2D eigenvalue weighted by molar-refractivity contribution is 1.18. The van der Waals surface area contributed by atoms with Crippen molar-refractivity contribution in [3.05, 3.63) is 267 Å². The predicted molar refractivity (Wildman–Crippen MR) is 324 cm³/mol. The molecule has 0 radical (unpaired) electrons. The van der Waals surface area contributed by atoms with Gasteiger partial charge in [0.25, 0.3) is 0 Å². The van der Waals surface area contributed by atoms with Crippen LogP contribution in [0.15, 0.2) is 267 Å². The van der Waals surface area contributed by atoms with Gasteiger partial charge in [-0.05, 0) is 94.0 Å². The Morgan fingerprint density at radius 2 is 0.692 bits per heavy atom. The highest BCUT2D eigenvalue weighted by molar-refractivity contribution is 6.24. The van der Waals surface area contributed by atoms with E-state index in [1.54, 1.807) is 0 Å². The Balaban J connectivity index is 0.826. The summed E-state index contributed by atoms with van der Waals surface area (Å²) in [4.78, 5) is 21.3. The van der Waals surface area contributed by atoms with Crippen LogP contribution in [0, 0.1) is 0 Å². The van der Waals surface area contributed by atoms with E-state index >= 15 is 0 Å². The summed E-state index contributed by atoms with van der Waals surface area (Å²) in [5.74, 6) is 0. The molecule has 0 saturated carbocycles. The molecule has 6 nitrogen and oxygen atoms in total. The fourth-order valence-electron chi connectivity index (χ4n) is 12.1. The molecule has 0 bridgehead atoms. The SMILES string of the molecule is c1ccc(-c2nc3ccccc3nc2-c2ccc(-n3c4ccccc4c4c(-c5ccc(-c6nc7ccc(-n8c9ccccc9c9c%10ccccc%10ccc98)cc7nc6-c6ccccc6)cc5)cc5ccccc5c43)cc2)cc1. The van der Waals surface area contributed by atoms with Crippen molar-refractivity contribution in [2.75, 3.05) is 0 Å². The van der Waals surface area contributed by atoms with E-state index in [1.165, 1.54) is 48.7 Å². The molecule has 6 heteroatoms. The van der Waals surface area contributed by atoms with Crippen LogP contribution in [-0.4, -0.2) is 29.1 Å². The van der Waals surface area contributed by atoms with Gasteiger partial charge in [-0.25, -0.2) is 19.9 Å². The van der Waals surface area contributed by atoms with Gasteiger partial charge in [0.1, 0.15) is 0 Å². The number of benzene rings is 12. The number of nitrogens with zero attached hydrogens (tertiary/aromatic N) is 6. The van der Waals surface area contributed by atoms with E-state index in [1.807, 2.05) is 30.3 Å². The van der Waals surface area contributed by atoms with Gasteiger partial charge >= 0.3 is 0 Å². The predicted octanol–water partition coefficient (Wildman–Crippen LogP) is 18.4. The van der Waals surface area contributed by atoms with E-state index in [2.05, 4.69) is 246 Å². The lowest BCUT2D eigenvalue weighted by Gasteiger charge is -2.15. The zero-order chi connectivity index (χ0) is 51.3. The lowest BCUT2D eigenvalue weighted by atomic mass is 9.94. The standard InChI is InChI=1S/C72H44N6/c1-3-18-47(19-4-1)68-71(74-60-28-14-13-27-59(60)73-68)50-35-38-52(39-36-50)78-64-30-16-12-26-57(64)67-58(43-51-22-8-10-24-55(51)72(67)78)46-31-33-49(34-32-46)70-69(48-20-5-2-6-21-48)76-62-44-53(40-41-61(62)75-70)77-63-29-15-11-25-56(63)66-54-23-9-7-17-45(54)37-42-65(66)77/h1-44H. The van der Waals surface area contributed by atoms with Crippen molar-refractivity contribution in [2.45, 2.75) is 0 Å². The highest BCUT2D eigenvalue weighted by atomic mass is 15.0. The molecular weight excluding hydrogens is 949 g/mol. The largest absolute Gasteiger partial charge is 0.309 e. The summed E-state index contributed by atoms with van der Waals surface area (Å²) in [5, 5.41) is 9.71. The van der Waals surface area contributed by atoms with Crippen molar-refractivity contribution in [3.8, 4) is 67.5 Å². The van der Waals surface area contributed by atoms with Crippen molar-refractivity contribution in [1.29, 1.82) is 0 Å². The molecule has 16 aromatic rings. The fourth-order valence-corrected chi connectivity index (χ4v) is 12.1. The first-order chi connectivity index (χ1) is 38.7. The first-order valence-corrected chi connectivity index (χ1v) is 26.5. The van der Waals surface area contributed by atoms with Crippen LogP contribution < -0.4 is 0 Å². The van der Waals surface area contributed by atoms with Crippen molar-refractivity contribution in [2.24, 2.45) is 0 Å². The van der Waals surface area contributed by atoms with E-state index in [0.717, 1.165) is 106 Å². The monoisotopic (exact) mass is 992 g/mol. The molecule has 0 aliphatic heterocycles. The normalized spacial score (nSPS) is 11.8. The molecule has 0 aliphatic rings. The summed E-state index contributed by atoms with van der Waals surface area (Å²) in [6.45, 7) is 0. The van der Waals surface area contributed by atoms with E-state index in [-0.39, 0.29) is 0 Å². The molecule has 0 atom stereocenters. The van der Waals surface area contributed by atoms with Gasteiger partial charge in [0.15, 0.2) is 0 Å². The molecule has 0 spiro atoms. The number of fused-ring (bicyclic) bond motifs is 12. The van der Waals surface area contributed by atoms with Crippen LogP contribution in [0.1, 0.15) is 0 Å². The van der Waals surface area contributed by atoms with Gasteiger partial charge < -0.3 is 9.13 Å². The average Bonchev–Trinajstić information content (AvgIpc) is 4.26. The number of hydrogen-bond acceptors (Lipinski definition) is 4. The van der Waals surface area contributed by atoms with Gasteiger partial charge in [-0.1, -0.05) is 200 Å². The van der Waals surface area contributed by atoms with Crippen molar-refractivity contribution >= 4 is 87.2 Å². The molecule has 0 aliphatic carbocycles. The first-order valence-electron chi connectivity index (χ1n) is 26.5. The van der Waals surface area contributed by atoms with Crippen molar-refractivity contribution < 1.29 is 0 Å². The molecule has 0 unspecified atom stereocenters. The van der Waals surface area contributed by atoms with Crippen LogP contribution in [0.25, 0.3) is 155 Å². The zero-order valence-corrected chi connectivity index (χ0v) is 42.1. The zero-order valence-electron chi connectivity index (χ0n) is 42.1. The quantitative estimate of drug-likeness (QED) is 0.160. The molecule has 4 heterocycles. The second-order valence-corrected chi connectivity index (χ2v) is 20.1. The smallest absolute Gasteiger partial charge is 0.0973 e. The van der Waals surface area contributed by atoms with Crippen LogP contribution in [0.5, 0.6) is 0 Å². The Morgan fingerprint density at radius 1 is 0.244 bits per heavy atom. The molecule has 0 N–H and O–H groups in total. The topological polar surface area (TPSA) is 61.4 Å². The lowest BCUT2D eigenvalue weighted by Crippen LogP contribution is -1.98. The van der Waals surface area contributed by atoms with Gasteiger partial charge in [-0.15, -0.1) is 0 Å². The number of hydrogen-bond donors (Lipinski definition) is 0. The molecular formula is C72H44N6. The van der Waals surface area contributed by atoms with Crippen LogP contribution >= 0.6 is 0 Å². The average molecular weight is 993 g/mol. The summed E-state index contributed by atoms with van der Waals surface area (Å²) in [6, 6.07) is 94.9. The van der Waals surface area contributed by atoms with Gasteiger partial charge in [0, 0.05) is 60.6 Å². The minimum absolute atomic E-state index is 0.835. The van der Waals surface area contributed by atoms with Crippen LogP contribution in [-0.2, 0) is 0 Å². The fraction of sp³-hybridized carbons (Fsp3) is 0. The highest BCUT2D eigenvalue weighted by Gasteiger charge is 2.22. The van der Waals surface area contributed by atoms with Crippen molar-refractivity contribution in [3.63, 3.8) is 0 Å². The van der Waals surface area contributed by atoms with Crippen LogP contribution in [0.4, 0.5) is 0 Å². The Morgan fingerprint density at radius 3 is 1.33 bits per heavy atom. The Kier molecular flexibility index (Phi) is 9.84. The van der Waals surface area contributed by atoms with Gasteiger partial charge in [-0.2, -0.15) is 0 Å². The summed E-state index contributed by atoms with van der Waals surface area (Å²) in [7, 11) is 0. The molecule has 362 valence electrons. The maximum absolute atomic E-state index is 5.49. The second-order valence-electron chi connectivity index (χ2n) is 20.1. The van der Waals surface area contributed by atoms with Crippen molar-refractivity contribution in [1.82, 2.24) is 29.1 Å². The van der Waals surface area contributed by atoms with E-state index < -0.39 is 0 Å². The Bertz CT molecular complexity index is 5060. The summed E-state index contributed by atoms with van der Waals surface area (Å²) < 4.78 is 4.80. The van der Waals surface area contributed by atoms with E-state index in [9.17, 15) is 0 Å². The van der Waals surface area contributed by atoms with E-state index in [0.29, 0.717) is 0 Å². The van der Waals surface area contributed by atoms with Crippen LogP contribution in [0.3, 0.4) is 0 Å². The third-order valence-corrected chi connectivity index (χ3v) is 15.7. The number of para-hydroxylation sites is 4. The first kappa shape index (κ1) is 43.8. The molecule has 0 saturated heterocycles. The number of rotatable bonds is 7. The molecule has 4 aromatic heterocycles. The number of aromatic nitrogens is 6. The summed E-state index contributed by atoms with van der Waals surface area (Å²) in [5.41, 5.74) is 19.9. The minimum Gasteiger partial charge on any atom is -0.309 e. The maximum atomic E-state index is 5.49. The Hall–Kier alpha value is -10.6. The Labute approximate surface area is 448 Å². The molecule has 78 heavy (non-hydrogen) atoms. The van der Waals surface area contributed by atoms with Gasteiger partial charge in [0.05, 0.1) is 66.9 Å². The van der Waals surface area contributed by atoms with Crippen LogP contribution in [0.2, 0.25) is 0 Å².